The summed E-state index contributed by atoms with van der Waals surface area (Å²) in [5.41, 5.74) is 16.2. The third kappa shape index (κ3) is 7.38. The number of benzene rings is 8. The summed E-state index contributed by atoms with van der Waals surface area (Å²) in [6.07, 6.45) is 0. The van der Waals surface area contributed by atoms with Gasteiger partial charge in [-0.3, -0.25) is 0 Å². The molecule has 1 aliphatic rings. The quantitative estimate of drug-likeness (QED) is 0.142. The summed E-state index contributed by atoms with van der Waals surface area (Å²) >= 11 is 2.53. The normalized spacial score (nSPS) is 12.7. The Morgan fingerprint density at radius 1 is 0.500 bits per heavy atom. The van der Waals surface area contributed by atoms with Gasteiger partial charge in [-0.25, -0.2) is 0 Å². The van der Waals surface area contributed by atoms with Gasteiger partial charge in [-0.15, -0.1) is 0 Å². The van der Waals surface area contributed by atoms with Crippen molar-refractivity contribution in [2.75, 3.05) is 4.81 Å². The van der Waals surface area contributed by atoms with E-state index >= 15 is 0 Å². The minimum absolute atomic E-state index is 0.0168. The number of aromatic nitrogens is 4. The van der Waals surface area contributed by atoms with Gasteiger partial charge >= 0.3 is 340 Å². The second kappa shape index (κ2) is 16.9. The van der Waals surface area contributed by atoms with Crippen molar-refractivity contribution >= 4 is 56.8 Å². The average Bonchev–Trinajstić information content (AvgIpc) is 4.00. The molecule has 6 nitrogen and oxygen atoms in total. The van der Waals surface area contributed by atoms with E-state index in [-0.39, 0.29) is 17.8 Å². The van der Waals surface area contributed by atoms with Gasteiger partial charge in [-0.05, 0) is 6.07 Å². The summed E-state index contributed by atoms with van der Waals surface area (Å²) in [5, 5.41) is 2.49. The Labute approximate surface area is 420 Å². The zero-order valence-electron chi connectivity index (χ0n) is 40.2. The number of imidazole rings is 1. The van der Waals surface area contributed by atoms with Crippen molar-refractivity contribution in [1.29, 1.82) is 0 Å². The zero-order chi connectivity index (χ0) is 47.9. The van der Waals surface area contributed by atoms with Gasteiger partial charge in [0.2, 0.25) is 0 Å². The van der Waals surface area contributed by atoms with E-state index in [9.17, 15) is 0 Å². The van der Waals surface area contributed by atoms with Crippen LogP contribution in [0.4, 0.5) is 11.5 Å². The van der Waals surface area contributed by atoms with Gasteiger partial charge in [0, 0.05) is 16.3 Å². The number of fused-ring (bicyclic) bond motifs is 4. The van der Waals surface area contributed by atoms with Crippen molar-refractivity contribution in [3.05, 3.63) is 221 Å². The fraction of sp³-hybridized carbons (Fsp3) is 0.129. The van der Waals surface area contributed by atoms with Crippen LogP contribution >= 0.6 is 0 Å². The SMILES string of the molecule is CC(C)(C)c1cccc(-c2cc(C(C)(C)C)cc(-c3ccccc3)c2-n2[c](=[Pt])n(-c3cccc(Oc4cccc(N5B(c6ccccc6)n6c7ccccc7c7cccc5c76)n4)c3)c3ccccc32)c1. The molecular formula is C62H52BN5OPt. The Morgan fingerprint density at radius 3 is 1.84 bits per heavy atom. The molecule has 12 rings (SSSR count). The van der Waals surface area contributed by atoms with Gasteiger partial charge in [0.1, 0.15) is 0 Å². The number of hydrogen-bond acceptors (Lipinski definition) is 3. The number of pyridine rings is 1. The van der Waals surface area contributed by atoms with Crippen LogP contribution in [-0.4, -0.2) is 25.6 Å². The minimum atomic E-state index is -0.141. The summed E-state index contributed by atoms with van der Waals surface area (Å²) in [6, 6.07) is 74.1. The zero-order valence-corrected chi connectivity index (χ0v) is 42.4. The Balaban J connectivity index is 0.988. The summed E-state index contributed by atoms with van der Waals surface area (Å²) in [5.74, 6) is 2.03. The van der Waals surface area contributed by atoms with Crippen LogP contribution in [0.5, 0.6) is 11.6 Å². The molecule has 4 heterocycles. The Morgan fingerprint density at radius 2 is 1.10 bits per heavy atom. The van der Waals surface area contributed by atoms with Crippen molar-refractivity contribution in [3.8, 4) is 45.3 Å². The van der Waals surface area contributed by atoms with Gasteiger partial charge in [-0.2, -0.15) is 0 Å². The topological polar surface area (TPSA) is 40.1 Å². The molecule has 0 radical (unpaired) electrons. The molecule has 344 valence electrons. The molecule has 0 fully saturated rings. The van der Waals surface area contributed by atoms with Crippen LogP contribution in [0.25, 0.3) is 66.5 Å². The molecule has 0 atom stereocenters. The molecule has 11 aromatic rings. The fourth-order valence-electron chi connectivity index (χ4n) is 10.4. The summed E-state index contributed by atoms with van der Waals surface area (Å²) in [4.78, 5) is 7.62. The molecule has 1 aliphatic heterocycles. The molecule has 0 amide bonds. The second-order valence-electron chi connectivity index (χ2n) is 20.4. The van der Waals surface area contributed by atoms with Crippen LogP contribution in [0.15, 0.2) is 206 Å². The first-order valence-corrected chi connectivity index (χ1v) is 25.2. The maximum atomic E-state index is 6.80. The van der Waals surface area contributed by atoms with Crippen LogP contribution in [0.3, 0.4) is 0 Å². The van der Waals surface area contributed by atoms with Crippen molar-refractivity contribution in [1.82, 2.24) is 18.6 Å². The number of hydrogen-bond donors (Lipinski definition) is 0. The van der Waals surface area contributed by atoms with Crippen LogP contribution in [0.1, 0.15) is 52.7 Å². The van der Waals surface area contributed by atoms with E-state index in [0.717, 1.165) is 37.7 Å². The van der Waals surface area contributed by atoms with Crippen molar-refractivity contribution < 1.29 is 24.1 Å². The van der Waals surface area contributed by atoms with E-state index in [1.165, 1.54) is 60.6 Å². The number of rotatable bonds is 8. The van der Waals surface area contributed by atoms with Crippen LogP contribution in [0, 0.1) is 3.80 Å². The molecule has 0 bridgehead atoms. The molecule has 3 aromatic heterocycles. The molecule has 0 aliphatic carbocycles. The number of ether oxygens (including phenoxy) is 1. The molecule has 0 N–H and O–H groups in total. The number of nitrogens with zero attached hydrogens (tertiary/aromatic N) is 5. The molecule has 70 heavy (non-hydrogen) atoms. The number of anilines is 2. The Bertz CT molecular complexity index is 3880. The Kier molecular flexibility index (Phi) is 10.6. The molecule has 8 aromatic carbocycles. The van der Waals surface area contributed by atoms with E-state index in [1.807, 2.05) is 18.2 Å². The van der Waals surface area contributed by atoms with Crippen LogP contribution in [0.2, 0.25) is 0 Å². The predicted octanol–water partition coefficient (Wildman–Crippen LogP) is 15.1. The third-order valence-corrected chi connectivity index (χ3v) is 14.9. The molecule has 0 spiro atoms. The van der Waals surface area contributed by atoms with Crippen molar-refractivity contribution in [2.24, 2.45) is 0 Å². The average molecular weight is 1090 g/mol. The van der Waals surface area contributed by atoms with Gasteiger partial charge in [0.05, 0.1) is 0 Å². The number of para-hydroxylation sites is 4. The molecule has 0 saturated carbocycles. The van der Waals surface area contributed by atoms with E-state index < -0.39 is 0 Å². The third-order valence-electron chi connectivity index (χ3n) is 13.8. The summed E-state index contributed by atoms with van der Waals surface area (Å²) in [7, 11) is 0. The predicted molar refractivity (Wildman–Crippen MR) is 287 cm³/mol. The van der Waals surface area contributed by atoms with E-state index in [0.29, 0.717) is 11.6 Å². The van der Waals surface area contributed by atoms with Crippen LogP contribution < -0.4 is 15.0 Å². The van der Waals surface area contributed by atoms with Gasteiger partial charge < -0.3 is 0 Å². The summed E-state index contributed by atoms with van der Waals surface area (Å²) < 4.78 is 15.1. The van der Waals surface area contributed by atoms with E-state index in [4.69, 9.17) is 9.72 Å². The molecule has 0 saturated heterocycles. The van der Waals surface area contributed by atoms with Gasteiger partial charge in [0.25, 0.3) is 0 Å². The molecular weight excluding hydrogens is 1040 g/mol. The first-order valence-electron chi connectivity index (χ1n) is 24.1. The standard InChI is InChI=1S/C62H52BN5O.Pt/c1-61(2,3)44-24-17-23-43(37-44)52-39-45(62(4,5)6)38-51(42-21-9-7-10-22-42)59(52)66-41-65(54-32-15-16-33-55(54)66)47-27-18-28-48(40-47)69-58-36-20-35-57(64-58)67-56-34-19-30-50-49-29-13-14-31-53(49)68(60(50)56)63(67)46-25-11-8-12-26-46;/h7-40H,1-6H3;. The molecule has 0 unspecified atom stereocenters. The van der Waals surface area contributed by atoms with Gasteiger partial charge in [-0.1, -0.05) is 60.7 Å². The van der Waals surface area contributed by atoms with Crippen molar-refractivity contribution in [2.45, 2.75) is 52.4 Å². The second-order valence-corrected chi connectivity index (χ2v) is 21.4. The maximum absolute atomic E-state index is 6.80. The van der Waals surface area contributed by atoms with E-state index in [1.54, 1.807) is 0 Å². The fourth-order valence-corrected chi connectivity index (χ4v) is 11.5. The van der Waals surface area contributed by atoms with Gasteiger partial charge in [0.15, 0.2) is 0 Å². The molecule has 8 heteroatoms. The van der Waals surface area contributed by atoms with E-state index in [2.05, 4.69) is 267 Å². The van der Waals surface area contributed by atoms with Crippen LogP contribution in [-0.2, 0) is 30.2 Å². The monoisotopic (exact) mass is 1090 g/mol. The summed E-state index contributed by atoms with van der Waals surface area (Å²) in [6.45, 7) is 13.7. The first kappa shape index (κ1) is 43.8. The van der Waals surface area contributed by atoms with Crippen molar-refractivity contribution in [3.63, 3.8) is 0 Å². The first-order chi connectivity index (χ1) is 33.9. The Hall–Kier alpha value is -7.47.